The van der Waals surface area contributed by atoms with Crippen molar-refractivity contribution < 1.29 is 14.3 Å². The molecule has 0 fully saturated rings. The number of amides is 1. The fourth-order valence-corrected chi connectivity index (χ4v) is 2.03. The van der Waals surface area contributed by atoms with Crippen molar-refractivity contribution in [3.63, 3.8) is 0 Å². The van der Waals surface area contributed by atoms with Gasteiger partial charge in [0.05, 0.1) is 11.8 Å². The van der Waals surface area contributed by atoms with E-state index in [2.05, 4.69) is 4.98 Å². The van der Waals surface area contributed by atoms with E-state index in [4.69, 9.17) is 5.73 Å². The van der Waals surface area contributed by atoms with E-state index in [1.165, 1.54) is 12.3 Å². The molecule has 3 N–H and O–H groups in total. The summed E-state index contributed by atoms with van der Waals surface area (Å²) in [4.78, 5) is 15.2. The molecule has 1 aliphatic carbocycles. The third-order valence-corrected chi connectivity index (χ3v) is 2.95. The Kier molecular flexibility index (Phi) is 2.42. The number of aryl methyl sites for hydroxylation is 1. The van der Waals surface area contributed by atoms with Crippen molar-refractivity contribution >= 4 is 5.91 Å². The summed E-state index contributed by atoms with van der Waals surface area (Å²) in [5, 5.41) is 9.68. The number of hydrogen-bond acceptors (Lipinski definition) is 3. The Hall–Kier alpha value is -1.49. The Morgan fingerprint density at radius 3 is 3.06 bits per heavy atom. The lowest BCUT2D eigenvalue weighted by molar-refractivity contribution is -0.131. The number of halogens is 1. The Morgan fingerprint density at radius 2 is 2.44 bits per heavy atom. The summed E-state index contributed by atoms with van der Waals surface area (Å²) in [6.07, 6.45) is 0.776. The number of aliphatic hydroxyl groups is 1. The van der Waals surface area contributed by atoms with Crippen LogP contribution >= 0.6 is 0 Å². The van der Waals surface area contributed by atoms with E-state index < -0.39 is 17.7 Å². The molecule has 5 heteroatoms. The Morgan fingerprint density at radius 1 is 1.75 bits per heavy atom. The number of nitrogens with zero attached hydrogens (tertiary/aromatic N) is 1. The molecule has 1 amide bonds. The highest BCUT2D eigenvalue weighted by molar-refractivity contribution is 5.85. The molecular weight excluding hydrogens is 211 g/mol. The molecular formula is C11H13FN2O2. The lowest BCUT2D eigenvalue weighted by atomic mass is 9.80. The van der Waals surface area contributed by atoms with Crippen LogP contribution < -0.4 is 5.73 Å². The number of fused-ring (bicyclic) bond motifs is 1. The van der Waals surface area contributed by atoms with Gasteiger partial charge in [0.15, 0.2) is 0 Å². The number of alkyl halides is 1. The Balaban J connectivity index is 2.63. The van der Waals surface area contributed by atoms with Crippen LogP contribution in [0.5, 0.6) is 0 Å². The number of primary amides is 1. The fraction of sp³-hybridized carbons (Fsp3) is 0.455. The molecule has 86 valence electrons. The van der Waals surface area contributed by atoms with Gasteiger partial charge in [0.1, 0.15) is 0 Å². The van der Waals surface area contributed by atoms with Crippen molar-refractivity contribution in [2.45, 2.75) is 31.5 Å². The number of aliphatic hydroxyl groups excluding tert-OH is 1. The molecule has 1 aliphatic rings. The van der Waals surface area contributed by atoms with Crippen LogP contribution in [0.15, 0.2) is 12.3 Å². The molecule has 16 heavy (non-hydrogen) atoms. The average molecular weight is 224 g/mol. The van der Waals surface area contributed by atoms with Crippen molar-refractivity contribution in [1.82, 2.24) is 4.98 Å². The zero-order valence-corrected chi connectivity index (χ0v) is 8.90. The Bertz CT molecular complexity index is 450. The van der Waals surface area contributed by atoms with Gasteiger partial charge in [0.25, 0.3) is 5.91 Å². The summed E-state index contributed by atoms with van der Waals surface area (Å²) in [7, 11) is 0. The third-order valence-electron chi connectivity index (χ3n) is 2.95. The number of rotatable bonds is 1. The molecule has 4 nitrogen and oxygen atoms in total. The van der Waals surface area contributed by atoms with Crippen molar-refractivity contribution in [3.05, 3.63) is 29.1 Å². The number of pyridine rings is 1. The molecule has 0 aliphatic heterocycles. The minimum Gasteiger partial charge on any atom is -0.387 e. The van der Waals surface area contributed by atoms with Crippen molar-refractivity contribution in [2.24, 2.45) is 5.73 Å². The first-order chi connectivity index (χ1) is 7.45. The second-order valence-electron chi connectivity index (χ2n) is 4.17. The van der Waals surface area contributed by atoms with Crippen LogP contribution in [0.4, 0.5) is 4.39 Å². The second-order valence-corrected chi connectivity index (χ2v) is 4.17. The third kappa shape index (κ3) is 1.48. The maximum Gasteiger partial charge on any atom is 0.259 e. The number of nitrogens with two attached hydrogens (primary N) is 1. The number of carbonyl (C=O) groups excluding carboxylic acids is 1. The van der Waals surface area contributed by atoms with E-state index in [1.807, 2.05) is 0 Å². The van der Waals surface area contributed by atoms with Gasteiger partial charge in [-0.3, -0.25) is 9.78 Å². The molecule has 0 bridgehead atoms. The molecule has 2 unspecified atom stereocenters. The lowest BCUT2D eigenvalue weighted by Gasteiger charge is -2.31. The van der Waals surface area contributed by atoms with E-state index >= 15 is 0 Å². The first kappa shape index (κ1) is 11.0. The summed E-state index contributed by atoms with van der Waals surface area (Å²) in [6, 6.07) is 1.52. The predicted octanol–water partition coefficient (Wildman–Crippen LogP) is 0.867. The summed E-state index contributed by atoms with van der Waals surface area (Å²) >= 11 is 0. The van der Waals surface area contributed by atoms with Crippen molar-refractivity contribution in [3.8, 4) is 0 Å². The molecule has 1 aromatic rings. The summed E-state index contributed by atoms with van der Waals surface area (Å²) in [5.74, 6) is -1.02. The first-order valence-electron chi connectivity index (χ1n) is 5.09. The maximum absolute atomic E-state index is 14.4. The van der Waals surface area contributed by atoms with E-state index in [1.54, 1.807) is 6.92 Å². The van der Waals surface area contributed by atoms with Gasteiger partial charge in [-0.1, -0.05) is 0 Å². The van der Waals surface area contributed by atoms with E-state index in [0.717, 1.165) is 5.56 Å². The molecule has 0 aromatic carbocycles. The van der Waals surface area contributed by atoms with Crippen LogP contribution in [0.3, 0.4) is 0 Å². The van der Waals surface area contributed by atoms with Crippen LogP contribution in [0, 0.1) is 6.92 Å². The quantitative estimate of drug-likeness (QED) is 0.743. The van der Waals surface area contributed by atoms with Crippen LogP contribution in [0.25, 0.3) is 0 Å². The molecule has 1 aromatic heterocycles. The van der Waals surface area contributed by atoms with Crippen molar-refractivity contribution in [1.29, 1.82) is 0 Å². The molecule has 0 spiro atoms. The SMILES string of the molecule is Cc1cnc2c(c1)C(F)(C(N)=O)CCC2O. The number of hydrogen-bond donors (Lipinski definition) is 2. The molecule has 2 atom stereocenters. The minimum absolute atomic E-state index is 0.0956. The highest BCUT2D eigenvalue weighted by Crippen LogP contribution is 2.42. The minimum atomic E-state index is -2.20. The Labute approximate surface area is 92.3 Å². The van der Waals surface area contributed by atoms with Crippen molar-refractivity contribution in [2.75, 3.05) is 0 Å². The number of carbonyl (C=O) groups is 1. The standard InChI is InChI=1S/C11H13FN2O2/c1-6-4-7-9(14-5-6)8(15)2-3-11(7,12)10(13)16/h4-5,8,15H,2-3H2,1H3,(H2,13,16). The summed E-state index contributed by atoms with van der Waals surface area (Å²) in [6.45, 7) is 1.75. The maximum atomic E-state index is 14.4. The zero-order chi connectivity index (χ0) is 11.9. The lowest BCUT2D eigenvalue weighted by Crippen LogP contribution is -2.41. The van der Waals surface area contributed by atoms with Crippen LogP contribution in [0.1, 0.15) is 35.8 Å². The van der Waals surface area contributed by atoms with Crippen LogP contribution in [-0.2, 0) is 10.5 Å². The molecule has 1 heterocycles. The topological polar surface area (TPSA) is 76.2 Å². The van der Waals surface area contributed by atoms with Gasteiger partial charge in [0, 0.05) is 11.8 Å². The normalized spacial score (nSPS) is 28.6. The van der Waals surface area contributed by atoms with Gasteiger partial charge in [0.2, 0.25) is 5.67 Å². The zero-order valence-electron chi connectivity index (χ0n) is 8.90. The molecule has 0 radical (unpaired) electrons. The first-order valence-corrected chi connectivity index (χ1v) is 5.09. The van der Waals surface area contributed by atoms with E-state index in [-0.39, 0.29) is 24.1 Å². The van der Waals surface area contributed by atoms with Gasteiger partial charge < -0.3 is 10.8 Å². The molecule has 0 saturated heterocycles. The predicted molar refractivity (Wildman–Crippen MR) is 55.1 cm³/mol. The van der Waals surface area contributed by atoms with Gasteiger partial charge >= 0.3 is 0 Å². The monoisotopic (exact) mass is 224 g/mol. The van der Waals surface area contributed by atoms with Gasteiger partial charge in [-0.25, -0.2) is 4.39 Å². The average Bonchev–Trinajstić information content (AvgIpc) is 2.23. The van der Waals surface area contributed by atoms with Crippen LogP contribution in [-0.4, -0.2) is 16.0 Å². The van der Waals surface area contributed by atoms with E-state index in [9.17, 15) is 14.3 Å². The second kappa shape index (κ2) is 3.52. The molecule has 0 saturated carbocycles. The van der Waals surface area contributed by atoms with E-state index in [0.29, 0.717) is 0 Å². The van der Waals surface area contributed by atoms with Gasteiger partial charge in [-0.15, -0.1) is 0 Å². The summed E-state index contributed by atoms with van der Waals surface area (Å²) < 4.78 is 14.4. The highest BCUT2D eigenvalue weighted by Gasteiger charge is 2.45. The largest absolute Gasteiger partial charge is 0.387 e. The fourth-order valence-electron chi connectivity index (χ4n) is 2.03. The van der Waals surface area contributed by atoms with Crippen LogP contribution in [0.2, 0.25) is 0 Å². The molecule has 2 rings (SSSR count). The summed E-state index contributed by atoms with van der Waals surface area (Å²) in [5.41, 5.74) is 3.95. The van der Waals surface area contributed by atoms with Gasteiger partial charge in [-0.2, -0.15) is 0 Å². The number of aromatic nitrogens is 1. The smallest absolute Gasteiger partial charge is 0.259 e. The van der Waals surface area contributed by atoms with Gasteiger partial charge in [-0.05, 0) is 31.4 Å². The highest BCUT2D eigenvalue weighted by atomic mass is 19.1.